The number of aromatic nitrogens is 2. The highest BCUT2D eigenvalue weighted by molar-refractivity contribution is 7.18. The molecule has 0 spiro atoms. The molecule has 6 nitrogen and oxygen atoms in total. The highest BCUT2D eigenvalue weighted by atomic mass is 35.5. The van der Waals surface area contributed by atoms with Crippen LogP contribution in [0.2, 0.25) is 0 Å². The zero-order chi connectivity index (χ0) is 17.7. The fraction of sp³-hybridized carbons (Fsp3) is 0.611. The van der Waals surface area contributed by atoms with Crippen molar-refractivity contribution in [3.63, 3.8) is 0 Å². The number of hydrogen-bond acceptors (Lipinski definition) is 5. The topological polar surface area (TPSA) is 67.2 Å². The normalized spacial score (nSPS) is 24.5. The first kappa shape index (κ1) is 19.3. The summed E-state index contributed by atoms with van der Waals surface area (Å²) in [7, 11) is 1.87. The van der Waals surface area contributed by atoms with E-state index in [1.807, 2.05) is 25.8 Å². The Morgan fingerprint density at radius 3 is 2.65 bits per heavy atom. The van der Waals surface area contributed by atoms with Crippen molar-refractivity contribution < 1.29 is 4.79 Å². The molecule has 2 aromatic heterocycles. The molecule has 2 aromatic rings. The third kappa shape index (κ3) is 3.28. The van der Waals surface area contributed by atoms with Crippen molar-refractivity contribution in [2.75, 3.05) is 7.05 Å². The minimum Gasteiger partial charge on any atom is -0.341 e. The summed E-state index contributed by atoms with van der Waals surface area (Å²) >= 11 is 1.53. The second kappa shape index (κ2) is 7.29. The highest BCUT2D eigenvalue weighted by Gasteiger charge is 2.36. The molecular weight excluding hydrogens is 372 g/mol. The largest absolute Gasteiger partial charge is 0.341 e. The summed E-state index contributed by atoms with van der Waals surface area (Å²) < 4.78 is 1.45. The van der Waals surface area contributed by atoms with Gasteiger partial charge in [-0.15, -0.1) is 23.7 Å². The van der Waals surface area contributed by atoms with E-state index in [1.54, 1.807) is 0 Å². The summed E-state index contributed by atoms with van der Waals surface area (Å²) in [4.78, 5) is 33.6. The average molecular weight is 397 g/mol. The number of nitrogens with zero attached hydrogens (tertiary/aromatic N) is 3. The van der Waals surface area contributed by atoms with Crippen molar-refractivity contribution >= 4 is 39.9 Å². The number of likely N-dealkylation sites (N-methyl/N-ethyl adjacent to an activating group) is 1. The molecule has 1 amide bonds. The van der Waals surface area contributed by atoms with Crippen LogP contribution in [0, 0.1) is 13.8 Å². The average Bonchev–Trinajstić information content (AvgIpc) is 3.08. The number of nitrogens with one attached hydrogen (secondary N) is 1. The predicted molar refractivity (Wildman–Crippen MR) is 106 cm³/mol. The summed E-state index contributed by atoms with van der Waals surface area (Å²) in [5.41, 5.74) is 0.863. The Labute approximate surface area is 163 Å². The predicted octanol–water partition coefficient (Wildman–Crippen LogP) is 2.24. The van der Waals surface area contributed by atoms with Crippen LogP contribution in [0.1, 0.15) is 36.1 Å². The van der Waals surface area contributed by atoms with Crippen LogP contribution in [-0.4, -0.2) is 45.5 Å². The molecule has 2 saturated heterocycles. The van der Waals surface area contributed by atoms with Gasteiger partial charge in [-0.3, -0.25) is 14.2 Å². The first-order valence-electron chi connectivity index (χ1n) is 8.91. The second-order valence-electron chi connectivity index (χ2n) is 7.41. The second-order valence-corrected chi connectivity index (χ2v) is 8.61. The Morgan fingerprint density at radius 1 is 1.35 bits per heavy atom. The molecule has 0 radical (unpaired) electrons. The molecule has 2 bridgehead atoms. The van der Waals surface area contributed by atoms with E-state index in [0.717, 1.165) is 28.1 Å². The van der Waals surface area contributed by atoms with Crippen molar-refractivity contribution in [2.45, 2.75) is 64.2 Å². The van der Waals surface area contributed by atoms with Crippen LogP contribution in [0.3, 0.4) is 0 Å². The van der Waals surface area contributed by atoms with E-state index in [4.69, 9.17) is 0 Å². The van der Waals surface area contributed by atoms with Crippen molar-refractivity contribution in [1.29, 1.82) is 0 Å². The summed E-state index contributed by atoms with van der Waals surface area (Å²) in [6.45, 7) is 4.00. The Kier molecular flexibility index (Phi) is 5.42. The zero-order valence-corrected chi connectivity index (χ0v) is 17.0. The van der Waals surface area contributed by atoms with E-state index in [0.29, 0.717) is 17.5 Å². The van der Waals surface area contributed by atoms with Crippen LogP contribution in [0.4, 0.5) is 0 Å². The van der Waals surface area contributed by atoms with Gasteiger partial charge in [0.05, 0.1) is 11.7 Å². The lowest BCUT2D eigenvalue weighted by atomic mass is 9.98. The van der Waals surface area contributed by atoms with Gasteiger partial charge in [0, 0.05) is 30.1 Å². The molecule has 0 aliphatic carbocycles. The SMILES string of the molecule is Cc1sc2ncn(CC(=O)N(C)C3CC4CCC(C3)N4)c(=O)c2c1C.Cl. The van der Waals surface area contributed by atoms with Crippen molar-refractivity contribution in [2.24, 2.45) is 0 Å². The highest BCUT2D eigenvalue weighted by Crippen LogP contribution is 2.29. The molecule has 2 fully saturated rings. The molecule has 1 N–H and O–H groups in total. The number of amides is 1. The van der Waals surface area contributed by atoms with Crippen molar-refractivity contribution in [3.05, 3.63) is 27.1 Å². The third-order valence-electron chi connectivity index (χ3n) is 5.85. The quantitative estimate of drug-likeness (QED) is 0.863. The molecule has 4 heterocycles. The van der Waals surface area contributed by atoms with Crippen LogP contribution >= 0.6 is 23.7 Å². The molecular formula is C18H25ClN4O2S. The van der Waals surface area contributed by atoms with Gasteiger partial charge in [0.2, 0.25) is 5.91 Å². The molecule has 0 aromatic carbocycles. The van der Waals surface area contributed by atoms with Crippen molar-refractivity contribution in [1.82, 2.24) is 19.8 Å². The Hall–Kier alpha value is -1.44. The number of fused-ring (bicyclic) bond motifs is 3. The maximum Gasteiger partial charge on any atom is 0.262 e. The number of rotatable bonds is 3. The smallest absolute Gasteiger partial charge is 0.262 e. The standard InChI is InChI=1S/C18H24N4O2S.ClH/c1-10-11(2)25-17-16(10)18(24)22(9-19-17)8-15(23)21(3)14-6-12-4-5-13(7-14)20-12;/h9,12-14,20H,4-8H2,1-3H3;1H. The maximum atomic E-state index is 12.8. The molecule has 2 aliphatic rings. The molecule has 142 valence electrons. The van der Waals surface area contributed by atoms with Gasteiger partial charge in [0.25, 0.3) is 5.56 Å². The monoisotopic (exact) mass is 396 g/mol. The van der Waals surface area contributed by atoms with E-state index in [2.05, 4.69) is 10.3 Å². The van der Waals surface area contributed by atoms with Gasteiger partial charge in [-0.05, 0) is 45.1 Å². The Morgan fingerprint density at radius 2 is 2.00 bits per heavy atom. The van der Waals surface area contributed by atoms with Crippen LogP contribution in [0.5, 0.6) is 0 Å². The van der Waals surface area contributed by atoms with Gasteiger partial charge in [0.1, 0.15) is 11.4 Å². The summed E-state index contributed by atoms with van der Waals surface area (Å²) in [5.74, 6) is -0.0147. The number of aryl methyl sites for hydroxylation is 2. The van der Waals surface area contributed by atoms with Gasteiger partial charge in [-0.25, -0.2) is 4.98 Å². The molecule has 0 saturated carbocycles. The number of halogens is 1. The lowest BCUT2D eigenvalue weighted by Crippen LogP contribution is -2.49. The van der Waals surface area contributed by atoms with E-state index < -0.39 is 0 Å². The summed E-state index contributed by atoms with van der Waals surface area (Å²) in [5, 5.41) is 4.25. The summed E-state index contributed by atoms with van der Waals surface area (Å²) in [6, 6.07) is 1.34. The molecule has 2 unspecified atom stereocenters. The maximum absolute atomic E-state index is 12.8. The molecule has 8 heteroatoms. The number of thiophene rings is 1. The Balaban J connectivity index is 0.00000196. The third-order valence-corrected chi connectivity index (χ3v) is 6.97. The molecule has 2 atom stereocenters. The minimum absolute atomic E-state index is 0. The van der Waals surface area contributed by atoms with Crippen molar-refractivity contribution in [3.8, 4) is 0 Å². The first-order valence-corrected chi connectivity index (χ1v) is 9.72. The number of carbonyl (C=O) groups is 1. The van der Waals surface area contributed by atoms with Gasteiger partial charge >= 0.3 is 0 Å². The van der Waals surface area contributed by atoms with E-state index >= 15 is 0 Å². The van der Waals surface area contributed by atoms with E-state index in [1.165, 1.54) is 35.1 Å². The number of carbonyl (C=O) groups excluding carboxylic acids is 1. The molecule has 2 aliphatic heterocycles. The van der Waals surface area contributed by atoms with Gasteiger partial charge in [0.15, 0.2) is 0 Å². The zero-order valence-electron chi connectivity index (χ0n) is 15.3. The van der Waals surface area contributed by atoms with Gasteiger partial charge in [-0.2, -0.15) is 0 Å². The first-order chi connectivity index (χ1) is 11.9. The lowest BCUT2D eigenvalue weighted by molar-refractivity contribution is -0.133. The fourth-order valence-electron chi connectivity index (χ4n) is 4.19. The summed E-state index contributed by atoms with van der Waals surface area (Å²) in [6.07, 6.45) is 5.94. The van der Waals surface area contributed by atoms with Gasteiger partial charge < -0.3 is 10.2 Å². The number of piperidine rings is 1. The fourth-order valence-corrected chi connectivity index (χ4v) is 5.17. The van der Waals surface area contributed by atoms with Crippen LogP contribution in [-0.2, 0) is 11.3 Å². The Bertz CT molecular complexity index is 881. The minimum atomic E-state index is -0.112. The molecule has 26 heavy (non-hydrogen) atoms. The van der Waals surface area contributed by atoms with Gasteiger partial charge in [-0.1, -0.05) is 0 Å². The van der Waals surface area contributed by atoms with Crippen LogP contribution in [0.25, 0.3) is 10.2 Å². The molecule has 4 rings (SSSR count). The lowest BCUT2D eigenvalue weighted by Gasteiger charge is -2.35. The van der Waals surface area contributed by atoms with Crippen LogP contribution in [0.15, 0.2) is 11.1 Å². The number of hydrogen-bond donors (Lipinski definition) is 1. The van der Waals surface area contributed by atoms with E-state index in [9.17, 15) is 9.59 Å². The van der Waals surface area contributed by atoms with E-state index in [-0.39, 0.29) is 36.5 Å². The van der Waals surface area contributed by atoms with Crippen LogP contribution < -0.4 is 10.9 Å².